The van der Waals surface area contributed by atoms with Crippen LogP contribution in [0, 0.1) is 0 Å². The molecule has 0 saturated carbocycles. The molecule has 0 bridgehead atoms. The van der Waals surface area contributed by atoms with Gasteiger partial charge < -0.3 is 0 Å². The van der Waals surface area contributed by atoms with Crippen LogP contribution < -0.4 is 10.3 Å². The molecule has 1 aromatic carbocycles. The first-order chi connectivity index (χ1) is 11.1. The molecule has 3 rings (SSSR count). The lowest BCUT2D eigenvalue weighted by Gasteiger charge is -2.07. The normalized spacial score (nSPS) is 14.8. The Kier molecular flexibility index (Phi) is 4.79. The molecule has 0 spiro atoms. The van der Waals surface area contributed by atoms with E-state index < -0.39 is 15.9 Å². The van der Waals surface area contributed by atoms with Crippen molar-refractivity contribution in [1.29, 1.82) is 0 Å². The van der Waals surface area contributed by atoms with E-state index in [2.05, 4.69) is 10.3 Å². The Balaban J connectivity index is 1.68. The van der Waals surface area contributed by atoms with E-state index in [1.807, 2.05) is 6.07 Å². The minimum Gasteiger partial charge on any atom is -0.273 e. The molecule has 122 valence electrons. The van der Waals surface area contributed by atoms with Crippen molar-refractivity contribution in [2.45, 2.75) is 37.0 Å². The molecular weight excluding hydrogens is 332 g/mol. The van der Waals surface area contributed by atoms with Crippen LogP contribution in [0.25, 0.3) is 0 Å². The van der Waals surface area contributed by atoms with Crippen molar-refractivity contribution in [3.63, 3.8) is 0 Å². The maximum atomic E-state index is 12.2. The number of amides is 1. The zero-order chi connectivity index (χ0) is 16.3. The van der Waals surface area contributed by atoms with E-state index in [-0.39, 0.29) is 4.90 Å². The van der Waals surface area contributed by atoms with Crippen molar-refractivity contribution < 1.29 is 13.2 Å². The van der Waals surface area contributed by atoms with Crippen LogP contribution in [-0.2, 0) is 22.9 Å². The lowest BCUT2D eigenvalue weighted by molar-refractivity contribution is 0.0949. The number of benzene rings is 1. The minimum absolute atomic E-state index is 0.113. The number of carbonyl (C=O) groups excluding carboxylic acids is 1. The zero-order valence-corrected chi connectivity index (χ0v) is 14.2. The van der Waals surface area contributed by atoms with Gasteiger partial charge in [-0.05, 0) is 49.4 Å². The number of sulfonamides is 1. The lowest BCUT2D eigenvalue weighted by Crippen LogP contribution is -2.41. The molecule has 0 fully saturated rings. The summed E-state index contributed by atoms with van der Waals surface area (Å²) >= 11 is 1.46. The summed E-state index contributed by atoms with van der Waals surface area (Å²) < 4.78 is 24.2. The Labute approximate surface area is 139 Å². The van der Waals surface area contributed by atoms with Crippen molar-refractivity contribution >= 4 is 27.3 Å². The van der Waals surface area contributed by atoms with Crippen LogP contribution in [-0.4, -0.2) is 14.3 Å². The van der Waals surface area contributed by atoms with Crippen molar-refractivity contribution in [2.24, 2.45) is 0 Å². The quantitative estimate of drug-likeness (QED) is 0.657. The van der Waals surface area contributed by atoms with E-state index in [0.29, 0.717) is 4.88 Å². The first kappa shape index (κ1) is 16.2. The summed E-state index contributed by atoms with van der Waals surface area (Å²) in [6.45, 7) is 0. The van der Waals surface area contributed by atoms with Gasteiger partial charge >= 0.3 is 0 Å². The van der Waals surface area contributed by atoms with Crippen molar-refractivity contribution in [3.05, 3.63) is 51.7 Å². The summed E-state index contributed by atoms with van der Waals surface area (Å²) in [5, 5.41) is 0. The van der Waals surface area contributed by atoms with Gasteiger partial charge in [0.25, 0.3) is 15.9 Å². The summed E-state index contributed by atoms with van der Waals surface area (Å²) in [7, 11) is -3.75. The van der Waals surface area contributed by atoms with Gasteiger partial charge in [0.05, 0.1) is 9.77 Å². The third-order valence-corrected chi connectivity index (χ3v) is 6.32. The first-order valence-electron chi connectivity index (χ1n) is 7.55. The molecule has 7 heteroatoms. The van der Waals surface area contributed by atoms with E-state index in [1.54, 1.807) is 18.2 Å². The van der Waals surface area contributed by atoms with Crippen molar-refractivity contribution in [1.82, 2.24) is 10.3 Å². The Morgan fingerprint density at radius 1 is 1.04 bits per heavy atom. The number of nitrogens with one attached hydrogen (secondary N) is 2. The fourth-order valence-electron chi connectivity index (χ4n) is 2.61. The summed E-state index contributed by atoms with van der Waals surface area (Å²) in [6, 6.07) is 9.83. The number of hydrazine groups is 1. The van der Waals surface area contributed by atoms with Crippen LogP contribution in [0.2, 0.25) is 0 Å². The van der Waals surface area contributed by atoms with Gasteiger partial charge in [-0.15, -0.1) is 16.2 Å². The zero-order valence-electron chi connectivity index (χ0n) is 12.5. The summed E-state index contributed by atoms with van der Waals surface area (Å²) in [5.41, 5.74) is 3.52. The van der Waals surface area contributed by atoms with Crippen LogP contribution in [0.15, 0.2) is 41.3 Å². The molecule has 1 heterocycles. The van der Waals surface area contributed by atoms with Gasteiger partial charge in [-0.25, -0.2) is 8.42 Å². The molecule has 1 amide bonds. The molecular formula is C16H18N2O3S2. The van der Waals surface area contributed by atoms with Crippen LogP contribution in [0.4, 0.5) is 0 Å². The number of fused-ring (bicyclic) bond motifs is 1. The summed E-state index contributed by atoms with van der Waals surface area (Å²) in [5.74, 6) is -0.414. The average molecular weight is 350 g/mol. The monoisotopic (exact) mass is 350 g/mol. The Morgan fingerprint density at radius 3 is 2.57 bits per heavy atom. The van der Waals surface area contributed by atoms with Crippen LogP contribution in [0.1, 0.15) is 39.4 Å². The summed E-state index contributed by atoms with van der Waals surface area (Å²) in [6.07, 6.45) is 5.51. The first-order valence-corrected chi connectivity index (χ1v) is 9.85. The van der Waals surface area contributed by atoms with Crippen LogP contribution in [0.3, 0.4) is 0 Å². The number of rotatable bonds is 4. The molecule has 0 saturated heterocycles. The average Bonchev–Trinajstić information content (AvgIpc) is 2.84. The molecule has 1 aromatic heterocycles. The second kappa shape index (κ2) is 6.82. The Morgan fingerprint density at radius 2 is 1.78 bits per heavy atom. The fourth-order valence-corrected chi connectivity index (χ4v) is 4.62. The van der Waals surface area contributed by atoms with Gasteiger partial charge in [0.1, 0.15) is 0 Å². The van der Waals surface area contributed by atoms with E-state index in [0.717, 1.165) is 25.7 Å². The van der Waals surface area contributed by atoms with E-state index in [9.17, 15) is 13.2 Å². The molecule has 0 unspecified atom stereocenters. The molecule has 1 aliphatic carbocycles. The molecule has 5 nitrogen and oxygen atoms in total. The Bertz CT molecular complexity index is 774. The van der Waals surface area contributed by atoms with E-state index in [4.69, 9.17) is 0 Å². The number of hydrogen-bond acceptors (Lipinski definition) is 4. The highest BCUT2D eigenvalue weighted by Crippen LogP contribution is 2.28. The van der Waals surface area contributed by atoms with Gasteiger partial charge in [0, 0.05) is 4.88 Å². The van der Waals surface area contributed by atoms with Crippen LogP contribution >= 0.6 is 11.3 Å². The predicted molar refractivity (Wildman–Crippen MR) is 89.8 cm³/mol. The smallest absolute Gasteiger partial charge is 0.273 e. The second-order valence-electron chi connectivity index (χ2n) is 5.49. The molecule has 0 atom stereocenters. The van der Waals surface area contributed by atoms with Gasteiger partial charge in [-0.3, -0.25) is 10.2 Å². The van der Waals surface area contributed by atoms with Crippen molar-refractivity contribution in [2.75, 3.05) is 0 Å². The lowest BCUT2D eigenvalue weighted by atomic mass is 10.1. The fraction of sp³-hybridized carbons (Fsp3) is 0.312. The number of thiophene rings is 1. The highest BCUT2D eigenvalue weighted by atomic mass is 32.2. The molecule has 0 aliphatic heterocycles. The SMILES string of the molecule is O=C(NNS(=O)(=O)c1ccccc1)c1cc2c(s1)CCCCC2. The number of hydrogen-bond donors (Lipinski definition) is 2. The molecule has 2 aromatic rings. The van der Waals surface area contributed by atoms with Gasteiger partial charge in [-0.2, -0.15) is 0 Å². The standard InChI is InChI=1S/C16H18N2O3S2/c19-16(15-11-12-7-3-1-6-10-14(12)22-15)17-18-23(20,21)13-8-4-2-5-9-13/h2,4-5,8-9,11,18H,1,3,6-7,10H2,(H,17,19). The predicted octanol–water partition coefficient (Wildman–Crippen LogP) is 2.64. The maximum absolute atomic E-state index is 12.2. The largest absolute Gasteiger partial charge is 0.276 e. The number of aryl methyl sites for hydroxylation is 2. The third-order valence-electron chi connectivity index (χ3n) is 3.82. The second-order valence-corrected chi connectivity index (χ2v) is 8.31. The van der Waals surface area contributed by atoms with E-state index in [1.165, 1.54) is 40.3 Å². The van der Waals surface area contributed by atoms with Gasteiger partial charge in [-0.1, -0.05) is 24.6 Å². The number of carbonyl (C=O) groups is 1. The molecule has 2 N–H and O–H groups in total. The van der Waals surface area contributed by atoms with E-state index >= 15 is 0 Å². The highest BCUT2D eigenvalue weighted by Gasteiger charge is 2.19. The molecule has 0 radical (unpaired) electrons. The minimum atomic E-state index is -3.75. The third kappa shape index (κ3) is 3.80. The van der Waals surface area contributed by atoms with Crippen molar-refractivity contribution in [3.8, 4) is 0 Å². The Hall–Kier alpha value is -1.70. The molecule has 1 aliphatic rings. The van der Waals surface area contributed by atoms with Gasteiger partial charge in [0.15, 0.2) is 0 Å². The van der Waals surface area contributed by atoms with Crippen LogP contribution in [0.5, 0.6) is 0 Å². The maximum Gasteiger partial charge on any atom is 0.276 e. The topological polar surface area (TPSA) is 75.3 Å². The summed E-state index contributed by atoms with van der Waals surface area (Å²) in [4.78, 5) is 16.3. The molecule has 23 heavy (non-hydrogen) atoms. The van der Waals surface area contributed by atoms with Gasteiger partial charge in [0.2, 0.25) is 0 Å². The highest BCUT2D eigenvalue weighted by molar-refractivity contribution is 7.89.